The molecule has 0 saturated carbocycles. The fraction of sp³-hybridized carbons (Fsp3) is 0.818. The zero-order chi connectivity index (χ0) is 11.0. The van der Waals surface area contributed by atoms with Crippen molar-refractivity contribution in [1.29, 1.82) is 0 Å². The van der Waals surface area contributed by atoms with E-state index >= 15 is 0 Å². The van der Waals surface area contributed by atoms with Crippen LogP contribution in [0.3, 0.4) is 0 Å². The van der Waals surface area contributed by atoms with Crippen molar-refractivity contribution in [2.45, 2.75) is 32.2 Å². The maximum atomic E-state index is 4.57. The van der Waals surface area contributed by atoms with Gasteiger partial charge in [-0.2, -0.15) is 4.37 Å². The van der Waals surface area contributed by atoms with Gasteiger partial charge in [-0.05, 0) is 25.3 Å². The third-order valence-corrected chi connectivity index (χ3v) is 4.46. The number of piperidine rings is 1. The van der Waals surface area contributed by atoms with Crippen molar-refractivity contribution in [2.75, 3.05) is 24.5 Å². The van der Waals surface area contributed by atoms with Gasteiger partial charge in [0.2, 0.25) is 5.13 Å². The summed E-state index contributed by atoms with van der Waals surface area (Å²) < 4.78 is 4.37. The van der Waals surface area contributed by atoms with Crippen molar-refractivity contribution >= 4 is 16.7 Å². The molecule has 1 aromatic rings. The summed E-state index contributed by atoms with van der Waals surface area (Å²) >= 11 is 1.55. The van der Waals surface area contributed by atoms with E-state index in [1.54, 1.807) is 11.5 Å². The lowest BCUT2D eigenvalue weighted by Gasteiger charge is -2.24. The van der Waals surface area contributed by atoms with Crippen LogP contribution in [0.1, 0.15) is 25.6 Å². The molecule has 3 heterocycles. The lowest BCUT2D eigenvalue weighted by Crippen LogP contribution is -2.40. The summed E-state index contributed by atoms with van der Waals surface area (Å²) in [7, 11) is 0. The SMILES string of the molecule is CCc1nsc(N2C[C@@H]3CCCN[C@@H]3C2)n1. The predicted molar refractivity (Wildman–Crippen MR) is 66.0 cm³/mol. The second-order valence-electron chi connectivity index (χ2n) is 4.71. The molecule has 0 aromatic carbocycles. The Morgan fingerprint density at radius 3 is 3.19 bits per heavy atom. The fourth-order valence-corrected chi connectivity index (χ4v) is 3.49. The topological polar surface area (TPSA) is 41.1 Å². The molecule has 2 saturated heterocycles. The molecule has 88 valence electrons. The van der Waals surface area contributed by atoms with Gasteiger partial charge in [0.15, 0.2) is 0 Å². The number of aryl methyl sites for hydroxylation is 1. The normalized spacial score (nSPS) is 29.4. The molecule has 1 aromatic heterocycles. The lowest BCUT2D eigenvalue weighted by atomic mass is 9.94. The van der Waals surface area contributed by atoms with Gasteiger partial charge in [0, 0.05) is 37.1 Å². The van der Waals surface area contributed by atoms with E-state index < -0.39 is 0 Å². The third-order valence-electron chi connectivity index (χ3n) is 3.64. The summed E-state index contributed by atoms with van der Waals surface area (Å²) in [4.78, 5) is 6.98. The average Bonchev–Trinajstić information content (AvgIpc) is 2.95. The van der Waals surface area contributed by atoms with Gasteiger partial charge in [-0.3, -0.25) is 0 Å². The standard InChI is InChI=1S/C11H18N4S/c1-2-10-13-11(16-14-10)15-6-8-4-3-5-12-9(8)7-15/h8-9,12H,2-7H2,1H3/t8-,9+/m0/s1. The molecule has 0 spiro atoms. The van der Waals surface area contributed by atoms with Gasteiger partial charge in [-0.15, -0.1) is 0 Å². The van der Waals surface area contributed by atoms with Gasteiger partial charge < -0.3 is 10.2 Å². The number of nitrogens with one attached hydrogen (secondary N) is 1. The van der Waals surface area contributed by atoms with Gasteiger partial charge in [0.1, 0.15) is 5.82 Å². The minimum absolute atomic E-state index is 0.683. The van der Waals surface area contributed by atoms with Crippen LogP contribution in [-0.4, -0.2) is 35.0 Å². The summed E-state index contributed by atoms with van der Waals surface area (Å²) in [6, 6.07) is 0.683. The zero-order valence-corrected chi connectivity index (χ0v) is 10.5. The number of hydrogen-bond acceptors (Lipinski definition) is 5. The van der Waals surface area contributed by atoms with Crippen LogP contribution in [0, 0.1) is 5.92 Å². The highest BCUT2D eigenvalue weighted by Crippen LogP contribution is 2.29. The van der Waals surface area contributed by atoms with Crippen LogP contribution in [0.15, 0.2) is 0 Å². The Kier molecular flexibility index (Phi) is 2.81. The monoisotopic (exact) mass is 238 g/mol. The number of rotatable bonds is 2. The Morgan fingerprint density at radius 1 is 1.50 bits per heavy atom. The van der Waals surface area contributed by atoms with Crippen LogP contribution in [0.25, 0.3) is 0 Å². The van der Waals surface area contributed by atoms with Crippen LogP contribution in [-0.2, 0) is 6.42 Å². The smallest absolute Gasteiger partial charge is 0.205 e. The Morgan fingerprint density at radius 2 is 2.44 bits per heavy atom. The van der Waals surface area contributed by atoms with Crippen LogP contribution in [0.2, 0.25) is 0 Å². The Balaban J connectivity index is 1.72. The first-order valence-electron chi connectivity index (χ1n) is 6.17. The van der Waals surface area contributed by atoms with E-state index in [0.717, 1.165) is 36.4 Å². The number of nitrogens with zero attached hydrogens (tertiary/aromatic N) is 3. The van der Waals surface area contributed by atoms with Crippen molar-refractivity contribution in [3.8, 4) is 0 Å². The summed E-state index contributed by atoms with van der Waals surface area (Å²) in [5, 5.41) is 4.73. The molecular formula is C11H18N4S. The molecule has 0 unspecified atom stereocenters. The second-order valence-corrected chi connectivity index (χ2v) is 5.44. The molecule has 2 atom stereocenters. The molecule has 2 fully saturated rings. The van der Waals surface area contributed by atoms with E-state index in [-0.39, 0.29) is 0 Å². The Labute approximate surface area is 100 Å². The summed E-state index contributed by atoms with van der Waals surface area (Å²) in [6.45, 7) is 5.57. The number of aromatic nitrogens is 2. The number of fused-ring (bicyclic) bond motifs is 1. The number of hydrogen-bond donors (Lipinski definition) is 1. The van der Waals surface area contributed by atoms with Crippen LogP contribution in [0.4, 0.5) is 5.13 Å². The molecule has 0 aliphatic carbocycles. The molecule has 2 aliphatic heterocycles. The Hall–Kier alpha value is -0.680. The maximum Gasteiger partial charge on any atom is 0.205 e. The van der Waals surface area contributed by atoms with E-state index in [2.05, 4.69) is 26.5 Å². The Bertz CT molecular complexity index is 351. The highest BCUT2D eigenvalue weighted by molar-refractivity contribution is 7.09. The highest BCUT2D eigenvalue weighted by atomic mass is 32.1. The predicted octanol–water partition coefficient (Wildman–Crippen LogP) is 1.29. The van der Waals surface area contributed by atoms with Crippen LogP contribution in [0.5, 0.6) is 0 Å². The average molecular weight is 238 g/mol. The molecule has 0 amide bonds. The van der Waals surface area contributed by atoms with E-state index in [1.165, 1.54) is 19.4 Å². The molecule has 1 N–H and O–H groups in total. The second kappa shape index (κ2) is 4.30. The van der Waals surface area contributed by atoms with Gasteiger partial charge in [0.05, 0.1) is 0 Å². The van der Waals surface area contributed by atoms with Gasteiger partial charge >= 0.3 is 0 Å². The third kappa shape index (κ3) is 1.82. The quantitative estimate of drug-likeness (QED) is 0.843. The summed E-state index contributed by atoms with van der Waals surface area (Å²) in [5.41, 5.74) is 0. The first-order valence-corrected chi connectivity index (χ1v) is 6.95. The molecule has 4 nitrogen and oxygen atoms in total. The first-order chi connectivity index (χ1) is 7.86. The van der Waals surface area contributed by atoms with Gasteiger partial charge in [-0.1, -0.05) is 6.92 Å². The molecule has 5 heteroatoms. The molecule has 0 radical (unpaired) electrons. The minimum Gasteiger partial charge on any atom is -0.345 e. The fourth-order valence-electron chi connectivity index (χ4n) is 2.72. The highest BCUT2D eigenvalue weighted by Gasteiger charge is 2.35. The summed E-state index contributed by atoms with van der Waals surface area (Å²) in [5.74, 6) is 1.81. The van der Waals surface area contributed by atoms with Crippen molar-refractivity contribution < 1.29 is 0 Å². The zero-order valence-electron chi connectivity index (χ0n) is 9.65. The van der Waals surface area contributed by atoms with Crippen LogP contribution < -0.4 is 10.2 Å². The molecule has 3 rings (SSSR count). The van der Waals surface area contributed by atoms with E-state index in [9.17, 15) is 0 Å². The largest absolute Gasteiger partial charge is 0.345 e. The number of anilines is 1. The van der Waals surface area contributed by atoms with Crippen molar-refractivity contribution in [1.82, 2.24) is 14.7 Å². The van der Waals surface area contributed by atoms with Crippen molar-refractivity contribution in [2.24, 2.45) is 5.92 Å². The molecule has 2 aliphatic rings. The van der Waals surface area contributed by atoms with Crippen molar-refractivity contribution in [3.05, 3.63) is 5.82 Å². The van der Waals surface area contributed by atoms with E-state index in [4.69, 9.17) is 0 Å². The van der Waals surface area contributed by atoms with Crippen molar-refractivity contribution in [3.63, 3.8) is 0 Å². The molecule has 16 heavy (non-hydrogen) atoms. The van der Waals surface area contributed by atoms with E-state index in [1.807, 2.05) is 0 Å². The summed E-state index contributed by atoms with van der Waals surface area (Å²) in [6.07, 6.45) is 3.63. The van der Waals surface area contributed by atoms with E-state index in [0.29, 0.717) is 6.04 Å². The lowest BCUT2D eigenvalue weighted by molar-refractivity contribution is 0.340. The molecular weight excluding hydrogens is 220 g/mol. The van der Waals surface area contributed by atoms with Gasteiger partial charge in [-0.25, -0.2) is 4.98 Å². The van der Waals surface area contributed by atoms with Gasteiger partial charge in [0.25, 0.3) is 0 Å². The maximum absolute atomic E-state index is 4.57. The minimum atomic E-state index is 0.683. The first kappa shape index (κ1) is 10.5. The molecule has 0 bridgehead atoms. The van der Waals surface area contributed by atoms with Crippen LogP contribution >= 0.6 is 11.5 Å².